The van der Waals surface area contributed by atoms with Gasteiger partial charge in [0.2, 0.25) is 0 Å². The maximum absolute atomic E-state index is 11.5. The highest BCUT2D eigenvalue weighted by atomic mass is 35.5. The second kappa shape index (κ2) is 6.26. The fraction of sp³-hybridized carbons (Fsp3) is 0.500. The maximum Gasteiger partial charge on any atom is 0.310 e. The lowest BCUT2D eigenvalue weighted by Gasteiger charge is -2.17. The number of esters is 1. The second-order valence-corrected chi connectivity index (χ2v) is 5.14. The fourth-order valence-electron chi connectivity index (χ4n) is 2.45. The topological polar surface area (TPSA) is 38.8 Å². The number of nitrogens with zero attached hydrogens (tertiary/aromatic N) is 1. The molecule has 4 nitrogen and oxygen atoms in total. The minimum atomic E-state index is -0.124. The number of hydrogen-bond donors (Lipinski definition) is 0. The van der Waals surface area contributed by atoms with Gasteiger partial charge in [-0.05, 0) is 31.2 Å². The molecule has 104 valence electrons. The van der Waals surface area contributed by atoms with E-state index in [4.69, 9.17) is 21.1 Å². The molecular weight excluding hydrogens is 266 g/mol. The number of halogens is 1. The third-order valence-corrected chi connectivity index (χ3v) is 3.68. The van der Waals surface area contributed by atoms with Crippen LogP contribution in [0, 0.1) is 5.92 Å². The van der Waals surface area contributed by atoms with Gasteiger partial charge >= 0.3 is 5.97 Å². The van der Waals surface area contributed by atoms with Gasteiger partial charge in [0.15, 0.2) is 0 Å². The van der Waals surface area contributed by atoms with Crippen LogP contribution >= 0.6 is 11.6 Å². The highest BCUT2D eigenvalue weighted by Crippen LogP contribution is 2.26. The van der Waals surface area contributed by atoms with Gasteiger partial charge in [-0.2, -0.15) is 0 Å². The first-order valence-corrected chi connectivity index (χ1v) is 6.64. The number of likely N-dealkylation sites (tertiary alicyclic amines) is 1. The Labute approximate surface area is 118 Å². The number of rotatable bonds is 4. The predicted molar refractivity (Wildman–Crippen MR) is 73.4 cm³/mol. The van der Waals surface area contributed by atoms with Crippen molar-refractivity contribution in [2.24, 2.45) is 5.92 Å². The third-order valence-electron chi connectivity index (χ3n) is 3.44. The average molecular weight is 284 g/mol. The molecule has 0 aromatic heterocycles. The number of hydrogen-bond acceptors (Lipinski definition) is 4. The van der Waals surface area contributed by atoms with Crippen molar-refractivity contribution in [1.29, 1.82) is 0 Å². The van der Waals surface area contributed by atoms with Crippen molar-refractivity contribution >= 4 is 17.6 Å². The molecule has 0 saturated carbocycles. The molecule has 5 heteroatoms. The quantitative estimate of drug-likeness (QED) is 0.795. The average Bonchev–Trinajstić information content (AvgIpc) is 2.86. The van der Waals surface area contributed by atoms with E-state index in [1.807, 2.05) is 18.2 Å². The Morgan fingerprint density at radius 2 is 2.26 bits per heavy atom. The van der Waals surface area contributed by atoms with Crippen molar-refractivity contribution in [3.05, 3.63) is 28.8 Å². The molecule has 1 aromatic carbocycles. The van der Waals surface area contributed by atoms with Crippen LogP contribution in [0.5, 0.6) is 5.75 Å². The zero-order chi connectivity index (χ0) is 13.8. The lowest BCUT2D eigenvalue weighted by Crippen LogP contribution is -2.23. The Morgan fingerprint density at radius 1 is 1.47 bits per heavy atom. The number of carbonyl (C=O) groups excluding carboxylic acids is 1. The molecule has 0 bridgehead atoms. The van der Waals surface area contributed by atoms with E-state index in [2.05, 4.69) is 4.90 Å². The van der Waals surface area contributed by atoms with Crippen LogP contribution in [0.1, 0.15) is 12.0 Å². The van der Waals surface area contributed by atoms with Gasteiger partial charge in [-0.25, -0.2) is 0 Å². The van der Waals surface area contributed by atoms with E-state index >= 15 is 0 Å². The van der Waals surface area contributed by atoms with Gasteiger partial charge in [-0.15, -0.1) is 0 Å². The van der Waals surface area contributed by atoms with E-state index in [9.17, 15) is 4.79 Å². The summed E-state index contributed by atoms with van der Waals surface area (Å²) >= 11 is 6.01. The van der Waals surface area contributed by atoms with Gasteiger partial charge in [0.25, 0.3) is 0 Å². The lowest BCUT2D eigenvalue weighted by molar-refractivity contribution is -0.144. The van der Waals surface area contributed by atoms with Crippen LogP contribution < -0.4 is 4.74 Å². The third kappa shape index (κ3) is 3.39. The van der Waals surface area contributed by atoms with E-state index in [0.29, 0.717) is 5.02 Å². The molecule has 1 heterocycles. The first-order valence-electron chi connectivity index (χ1n) is 6.26. The summed E-state index contributed by atoms with van der Waals surface area (Å²) < 4.78 is 10.1. The van der Waals surface area contributed by atoms with Crippen molar-refractivity contribution in [2.75, 3.05) is 27.3 Å². The molecule has 1 aromatic rings. The number of ether oxygens (including phenoxy) is 2. The Bertz CT molecular complexity index is 464. The summed E-state index contributed by atoms with van der Waals surface area (Å²) in [4.78, 5) is 13.7. The van der Waals surface area contributed by atoms with E-state index < -0.39 is 0 Å². The summed E-state index contributed by atoms with van der Waals surface area (Å²) in [6.07, 6.45) is 0.843. The molecule has 2 rings (SSSR count). The summed E-state index contributed by atoms with van der Waals surface area (Å²) in [6, 6.07) is 5.59. The lowest BCUT2D eigenvalue weighted by atomic mass is 10.1. The summed E-state index contributed by atoms with van der Waals surface area (Å²) in [5, 5.41) is 0.694. The van der Waals surface area contributed by atoms with Crippen LogP contribution in [0.3, 0.4) is 0 Å². The fourth-order valence-corrected chi connectivity index (χ4v) is 2.64. The van der Waals surface area contributed by atoms with Crippen LogP contribution in [0.2, 0.25) is 5.02 Å². The molecule has 1 saturated heterocycles. The molecule has 0 radical (unpaired) electrons. The maximum atomic E-state index is 11.5. The van der Waals surface area contributed by atoms with Crippen LogP contribution in [-0.4, -0.2) is 38.2 Å². The monoisotopic (exact) mass is 283 g/mol. The molecule has 0 spiro atoms. The smallest absolute Gasteiger partial charge is 0.310 e. The van der Waals surface area contributed by atoms with E-state index in [1.54, 1.807) is 7.11 Å². The SMILES string of the molecule is COC(=O)C1CCN(Cc2cc(Cl)ccc2OC)C1. The second-order valence-electron chi connectivity index (χ2n) is 4.70. The van der Waals surface area contributed by atoms with Crippen molar-refractivity contribution in [1.82, 2.24) is 4.90 Å². The Balaban J connectivity index is 2.03. The molecule has 19 heavy (non-hydrogen) atoms. The zero-order valence-corrected chi connectivity index (χ0v) is 11.9. The molecule has 1 atom stereocenters. The molecule has 0 N–H and O–H groups in total. The van der Waals surface area contributed by atoms with Crippen molar-refractivity contribution < 1.29 is 14.3 Å². The van der Waals surface area contributed by atoms with E-state index in [-0.39, 0.29) is 11.9 Å². The van der Waals surface area contributed by atoms with Crippen LogP contribution in [0.4, 0.5) is 0 Å². The first kappa shape index (κ1) is 14.2. The molecule has 1 unspecified atom stereocenters. The van der Waals surface area contributed by atoms with Gasteiger partial charge in [0, 0.05) is 23.7 Å². The molecule has 1 aliphatic rings. The Morgan fingerprint density at radius 3 is 2.95 bits per heavy atom. The van der Waals surface area contributed by atoms with E-state index in [0.717, 1.165) is 37.4 Å². The van der Waals surface area contributed by atoms with Crippen molar-refractivity contribution in [3.8, 4) is 5.75 Å². The van der Waals surface area contributed by atoms with Crippen LogP contribution in [0.15, 0.2) is 18.2 Å². The largest absolute Gasteiger partial charge is 0.496 e. The minimum Gasteiger partial charge on any atom is -0.496 e. The van der Waals surface area contributed by atoms with Crippen LogP contribution in [0.25, 0.3) is 0 Å². The first-order chi connectivity index (χ1) is 9.13. The summed E-state index contributed by atoms with van der Waals surface area (Å²) in [5.41, 5.74) is 1.04. The summed E-state index contributed by atoms with van der Waals surface area (Å²) in [5.74, 6) is 0.682. The predicted octanol–water partition coefficient (Wildman–Crippen LogP) is 2.34. The number of methoxy groups -OCH3 is 2. The molecular formula is C14H18ClNO3. The van der Waals surface area contributed by atoms with Gasteiger partial charge in [0.05, 0.1) is 20.1 Å². The molecule has 1 aliphatic heterocycles. The standard InChI is InChI=1S/C14H18ClNO3/c1-18-13-4-3-12(15)7-11(13)9-16-6-5-10(8-16)14(17)19-2/h3-4,7,10H,5-6,8-9H2,1-2H3. The Hall–Kier alpha value is -1.26. The highest BCUT2D eigenvalue weighted by Gasteiger charge is 2.29. The Kier molecular flexibility index (Phi) is 4.66. The van der Waals surface area contributed by atoms with Gasteiger partial charge in [-0.1, -0.05) is 11.6 Å². The summed E-state index contributed by atoms with van der Waals surface area (Å²) in [6.45, 7) is 2.34. The van der Waals surface area contributed by atoms with Gasteiger partial charge in [-0.3, -0.25) is 9.69 Å². The van der Waals surface area contributed by atoms with Crippen molar-refractivity contribution in [2.45, 2.75) is 13.0 Å². The normalized spacial score (nSPS) is 19.4. The number of benzene rings is 1. The molecule has 0 aliphatic carbocycles. The van der Waals surface area contributed by atoms with Crippen molar-refractivity contribution in [3.63, 3.8) is 0 Å². The van der Waals surface area contributed by atoms with Crippen LogP contribution in [-0.2, 0) is 16.1 Å². The van der Waals surface area contributed by atoms with Gasteiger partial charge < -0.3 is 9.47 Å². The minimum absolute atomic E-state index is 0.0184. The van der Waals surface area contributed by atoms with E-state index in [1.165, 1.54) is 7.11 Å². The zero-order valence-electron chi connectivity index (χ0n) is 11.2. The molecule has 1 fully saturated rings. The number of carbonyl (C=O) groups is 1. The highest BCUT2D eigenvalue weighted by molar-refractivity contribution is 6.30. The molecule has 0 amide bonds. The summed E-state index contributed by atoms with van der Waals surface area (Å²) in [7, 11) is 3.08. The van der Waals surface area contributed by atoms with Gasteiger partial charge in [0.1, 0.15) is 5.75 Å².